The van der Waals surface area contributed by atoms with Gasteiger partial charge in [-0.2, -0.15) is 10.2 Å². The second-order valence-electron chi connectivity index (χ2n) is 7.54. The molecule has 1 aliphatic heterocycles. The highest BCUT2D eigenvalue weighted by molar-refractivity contribution is 5.99. The van der Waals surface area contributed by atoms with Gasteiger partial charge in [-0.3, -0.25) is 9.36 Å². The van der Waals surface area contributed by atoms with Crippen molar-refractivity contribution in [2.75, 3.05) is 5.73 Å². The Morgan fingerprint density at radius 2 is 1.88 bits per heavy atom. The number of rotatable bonds is 3. The van der Waals surface area contributed by atoms with E-state index in [9.17, 15) is 0 Å². The third kappa shape index (κ3) is 2.86. The maximum absolute atomic E-state index is 6.23. The average Bonchev–Trinajstić information content (AvgIpc) is 3.19. The van der Waals surface area contributed by atoms with E-state index in [-0.39, 0.29) is 18.2 Å². The molecule has 26 heavy (non-hydrogen) atoms. The highest BCUT2D eigenvalue weighted by atomic mass is 16.5. The highest BCUT2D eigenvalue weighted by Gasteiger charge is 2.29. The van der Waals surface area contributed by atoms with Gasteiger partial charge in [0.05, 0.1) is 29.2 Å². The van der Waals surface area contributed by atoms with Crippen molar-refractivity contribution in [1.82, 2.24) is 24.5 Å². The summed E-state index contributed by atoms with van der Waals surface area (Å²) in [6, 6.07) is 4.56. The molecule has 0 aromatic carbocycles. The highest BCUT2D eigenvalue weighted by Crippen LogP contribution is 2.36. The van der Waals surface area contributed by atoms with Gasteiger partial charge in [0, 0.05) is 18.4 Å². The number of ether oxygens (including phenoxy) is 1. The van der Waals surface area contributed by atoms with E-state index in [4.69, 9.17) is 20.7 Å². The number of anilines is 1. The maximum atomic E-state index is 6.23. The first-order valence-corrected chi connectivity index (χ1v) is 9.27. The van der Waals surface area contributed by atoms with Gasteiger partial charge in [0.15, 0.2) is 0 Å². The molecule has 3 aromatic rings. The molecule has 0 amide bonds. The molecule has 4 rings (SSSR count). The fourth-order valence-corrected chi connectivity index (χ4v) is 3.89. The van der Waals surface area contributed by atoms with E-state index in [1.807, 2.05) is 23.0 Å². The van der Waals surface area contributed by atoms with Crippen LogP contribution in [-0.2, 0) is 4.74 Å². The van der Waals surface area contributed by atoms with E-state index in [0.717, 1.165) is 35.1 Å². The molecule has 0 aliphatic carbocycles. The minimum absolute atomic E-state index is 0.214. The molecule has 0 radical (unpaired) electrons. The zero-order valence-corrected chi connectivity index (χ0v) is 15.8. The lowest BCUT2D eigenvalue weighted by Gasteiger charge is -2.32. The minimum atomic E-state index is 0.214. The normalized spacial score (nSPS) is 23.8. The molecule has 2 unspecified atom stereocenters. The number of nitrogen functional groups attached to an aromatic ring is 1. The standard InChI is InChI=1S/C19H26N6O/c1-11(2)24-8-6-15(22-24)18-17-16(5-7-21-19(17)20)25(23-18)14-9-12(3)26-13(4)10-14/h5-8,11-14H,9-10H2,1-4H3,(H2,20,21). The number of nitrogens with zero attached hydrogens (tertiary/aromatic N) is 5. The fraction of sp³-hybridized carbons (Fsp3) is 0.526. The summed E-state index contributed by atoms with van der Waals surface area (Å²) in [5.74, 6) is 0.496. The minimum Gasteiger partial charge on any atom is -0.383 e. The number of aromatic nitrogens is 5. The second-order valence-corrected chi connectivity index (χ2v) is 7.54. The summed E-state index contributed by atoms with van der Waals surface area (Å²) in [6.45, 7) is 8.45. The Hall–Kier alpha value is -2.41. The largest absolute Gasteiger partial charge is 0.383 e. The van der Waals surface area contributed by atoms with Crippen molar-refractivity contribution in [3.8, 4) is 11.4 Å². The molecule has 1 saturated heterocycles. The Kier molecular flexibility index (Phi) is 4.19. The molecule has 4 heterocycles. The molecule has 3 aromatic heterocycles. The molecule has 2 atom stereocenters. The van der Waals surface area contributed by atoms with Gasteiger partial charge in [-0.15, -0.1) is 0 Å². The Bertz CT molecular complexity index is 917. The average molecular weight is 354 g/mol. The number of hydrogen-bond acceptors (Lipinski definition) is 5. The van der Waals surface area contributed by atoms with Crippen LogP contribution in [0.2, 0.25) is 0 Å². The zero-order chi connectivity index (χ0) is 18.4. The predicted octanol–water partition coefficient (Wildman–Crippen LogP) is 3.59. The SMILES string of the molecule is CC1CC(n2nc(-c3ccn(C(C)C)n3)c3c(N)nccc32)CC(C)O1. The van der Waals surface area contributed by atoms with Crippen molar-refractivity contribution in [2.24, 2.45) is 0 Å². The van der Waals surface area contributed by atoms with Crippen molar-refractivity contribution in [1.29, 1.82) is 0 Å². The third-order valence-corrected chi connectivity index (χ3v) is 5.05. The van der Waals surface area contributed by atoms with Crippen LogP contribution in [-0.4, -0.2) is 36.8 Å². The summed E-state index contributed by atoms with van der Waals surface area (Å²) in [7, 11) is 0. The summed E-state index contributed by atoms with van der Waals surface area (Å²) in [5, 5.41) is 10.5. The Morgan fingerprint density at radius 1 is 1.15 bits per heavy atom. The van der Waals surface area contributed by atoms with E-state index >= 15 is 0 Å². The van der Waals surface area contributed by atoms with Crippen LogP contribution in [0.3, 0.4) is 0 Å². The van der Waals surface area contributed by atoms with Gasteiger partial charge in [-0.1, -0.05) is 0 Å². The van der Waals surface area contributed by atoms with Crippen molar-refractivity contribution >= 4 is 16.7 Å². The summed E-state index contributed by atoms with van der Waals surface area (Å²) in [4.78, 5) is 4.29. The summed E-state index contributed by atoms with van der Waals surface area (Å²) >= 11 is 0. The van der Waals surface area contributed by atoms with Gasteiger partial charge < -0.3 is 10.5 Å². The first kappa shape index (κ1) is 17.0. The van der Waals surface area contributed by atoms with Crippen LogP contribution in [0.15, 0.2) is 24.5 Å². The van der Waals surface area contributed by atoms with Crippen molar-refractivity contribution in [2.45, 2.75) is 64.8 Å². The lowest BCUT2D eigenvalue weighted by molar-refractivity contribution is -0.0498. The number of nitrogens with two attached hydrogens (primary N) is 1. The number of pyridine rings is 1. The van der Waals surface area contributed by atoms with Gasteiger partial charge in [0.25, 0.3) is 0 Å². The summed E-state index contributed by atoms with van der Waals surface area (Å²) in [6.07, 6.45) is 6.03. The first-order valence-electron chi connectivity index (χ1n) is 9.27. The van der Waals surface area contributed by atoms with Crippen LogP contribution in [0.25, 0.3) is 22.3 Å². The van der Waals surface area contributed by atoms with Gasteiger partial charge in [0.2, 0.25) is 0 Å². The molecule has 2 N–H and O–H groups in total. The fourth-order valence-electron chi connectivity index (χ4n) is 3.89. The van der Waals surface area contributed by atoms with Crippen molar-refractivity contribution in [3.05, 3.63) is 24.5 Å². The van der Waals surface area contributed by atoms with E-state index in [2.05, 4.69) is 37.4 Å². The molecular formula is C19H26N6O. The van der Waals surface area contributed by atoms with Gasteiger partial charge >= 0.3 is 0 Å². The molecule has 1 aliphatic rings. The van der Waals surface area contributed by atoms with Crippen LogP contribution in [0.1, 0.15) is 52.6 Å². The van der Waals surface area contributed by atoms with Crippen LogP contribution in [0.5, 0.6) is 0 Å². The molecule has 0 bridgehead atoms. The molecule has 7 heteroatoms. The first-order chi connectivity index (χ1) is 12.4. The van der Waals surface area contributed by atoms with Gasteiger partial charge in [-0.05, 0) is 52.7 Å². The Labute approximate surface area is 153 Å². The molecule has 7 nitrogen and oxygen atoms in total. The molecule has 0 saturated carbocycles. The van der Waals surface area contributed by atoms with Gasteiger partial charge in [0.1, 0.15) is 17.2 Å². The van der Waals surface area contributed by atoms with E-state index < -0.39 is 0 Å². The third-order valence-electron chi connectivity index (χ3n) is 5.05. The summed E-state index contributed by atoms with van der Waals surface area (Å²) in [5.41, 5.74) is 8.88. The quantitative estimate of drug-likeness (QED) is 0.777. The molecule has 1 fully saturated rings. The maximum Gasteiger partial charge on any atom is 0.135 e. The second kappa shape index (κ2) is 6.39. The Balaban J connectivity index is 1.86. The summed E-state index contributed by atoms with van der Waals surface area (Å²) < 4.78 is 9.94. The van der Waals surface area contributed by atoms with E-state index in [1.54, 1.807) is 6.20 Å². The number of hydrogen-bond donors (Lipinski definition) is 1. The lowest BCUT2D eigenvalue weighted by atomic mass is 10.00. The van der Waals surface area contributed by atoms with Crippen LogP contribution < -0.4 is 5.73 Å². The van der Waals surface area contributed by atoms with Crippen molar-refractivity contribution < 1.29 is 4.74 Å². The topological polar surface area (TPSA) is 83.8 Å². The van der Waals surface area contributed by atoms with E-state index in [0.29, 0.717) is 11.9 Å². The predicted molar refractivity (Wildman–Crippen MR) is 102 cm³/mol. The lowest BCUT2D eigenvalue weighted by Crippen LogP contribution is -2.31. The van der Waals surface area contributed by atoms with E-state index in [1.165, 1.54) is 0 Å². The molecule has 0 spiro atoms. The Morgan fingerprint density at radius 3 is 2.54 bits per heavy atom. The molecular weight excluding hydrogens is 328 g/mol. The van der Waals surface area contributed by atoms with Crippen LogP contribution >= 0.6 is 0 Å². The van der Waals surface area contributed by atoms with Gasteiger partial charge in [-0.25, -0.2) is 4.98 Å². The zero-order valence-electron chi connectivity index (χ0n) is 15.8. The monoisotopic (exact) mass is 354 g/mol. The number of fused-ring (bicyclic) bond motifs is 1. The van der Waals surface area contributed by atoms with Crippen LogP contribution in [0, 0.1) is 0 Å². The van der Waals surface area contributed by atoms with Crippen molar-refractivity contribution in [3.63, 3.8) is 0 Å². The van der Waals surface area contributed by atoms with Crippen LogP contribution in [0.4, 0.5) is 5.82 Å². The molecule has 138 valence electrons. The smallest absolute Gasteiger partial charge is 0.135 e.